The number of nitrogens with one attached hydrogen (secondary N) is 2. The van der Waals surface area contributed by atoms with E-state index >= 15 is 0 Å². The van der Waals surface area contributed by atoms with Gasteiger partial charge in [-0.1, -0.05) is 36.4 Å². The fourth-order valence-electron chi connectivity index (χ4n) is 3.58. The minimum atomic E-state index is 0. The Bertz CT molecular complexity index is 854. The van der Waals surface area contributed by atoms with Crippen molar-refractivity contribution in [3.8, 4) is 5.75 Å². The number of guanidine groups is 1. The average molecular weight is 553 g/mol. The summed E-state index contributed by atoms with van der Waals surface area (Å²) < 4.78 is 17.0. The molecule has 0 radical (unpaired) electrons. The van der Waals surface area contributed by atoms with Crippen LogP contribution < -0.4 is 15.4 Å². The number of hydrogen-bond donors (Lipinski definition) is 2. The number of ether oxygens (including phenoxy) is 3. The zero-order valence-corrected chi connectivity index (χ0v) is 21.7. The third-order valence-corrected chi connectivity index (χ3v) is 5.18. The summed E-state index contributed by atoms with van der Waals surface area (Å²) in [6.07, 6.45) is 2.39. The van der Waals surface area contributed by atoms with E-state index in [-0.39, 0.29) is 30.1 Å². The third kappa shape index (κ3) is 8.60. The minimum Gasteiger partial charge on any atom is -0.491 e. The van der Waals surface area contributed by atoms with Gasteiger partial charge in [0.15, 0.2) is 5.96 Å². The van der Waals surface area contributed by atoms with Gasteiger partial charge < -0.3 is 24.8 Å². The molecule has 6 nitrogen and oxygen atoms in total. The highest BCUT2D eigenvalue weighted by Gasteiger charge is 2.17. The molecular weight excluding hydrogens is 517 g/mol. The van der Waals surface area contributed by atoms with E-state index in [1.165, 1.54) is 5.56 Å². The highest BCUT2D eigenvalue weighted by Crippen LogP contribution is 2.22. The lowest BCUT2D eigenvalue weighted by Gasteiger charge is -2.17. The van der Waals surface area contributed by atoms with Crippen LogP contribution >= 0.6 is 24.0 Å². The van der Waals surface area contributed by atoms with Gasteiger partial charge in [0.1, 0.15) is 12.4 Å². The van der Waals surface area contributed by atoms with E-state index in [0.717, 1.165) is 54.4 Å². The van der Waals surface area contributed by atoms with Crippen molar-refractivity contribution in [1.82, 2.24) is 10.6 Å². The van der Waals surface area contributed by atoms with Crippen LogP contribution in [-0.2, 0) is 29.2 Å². The Kier molecular flexibility index (Phi) is 11.8. The van der Waals surface area contributed by atoms with E-state index in [9.17, 15) is 0 Å². The zero-order chi connectivity index (χ0) is 21.9. The first-order valence-corrected chi connectivity index (χ1v) is 11.1. The second-order valence-electron chi connectivity index (χ2n) is 7.86. The number of rotatable bonds is 10. The van der Waals surface area contributed by atoms with Gasteiger partial charge in [0.25, 0.3) is 0 Å². The van der Waals surface area contributed by atoms with Crippen molar-refractivity contribution in [2.24, 2.45) is 4.99 Å². The van der Waals surface area contributed by atoms with Crippen molar-refractivity contribution in [3.05, 3.63) is 64.7 Å². The van der Waals surface area contributed by atoms with Crippen LogP contribution in [0.4, 0.5) is 0 Å². The van der Waals surface area contributed by atoms with Crippen LogP contribution in [-0.4, -0.2) is 38.9 Å². The maximum absolute atomic E-state index is 6.12. The van der Waals surface area contributed by atoms with Crippen molar-refractivity contribution >= 4 is 29.9 Å². The lowest BCUT2D eigenvalue weighted by molar-refractivity contribution is 0.0676. The summed E-state index contributed by atoms with van der Waals surface area (Å²) in [7, 11) is 1.71. The molecule has 1 atom stereocenters. The van der Waals surface area contributed by atoms with E-state index in [2.05, 4.69) is 60.9 Å². The minimum absolute atomic E-state index is 0. The molecule has 0 saturated carbocycles. The first-order valence-electron chi connectivity index (χ1n) is 11.1. The molecule has 1 aliphatic rings. The van der Waals surface area contributed by atoms with Gasteiger partial charge in [-0.2, -0.15) is 0 Å². The van der Waals surface area contributed by atoms with Crippen LogP contribution in [0.1, 0.15) is 42.0 Å². The zero-order valence-electron chi connectivity index (χ0n) is 19.4. The van der Waals surface area contributed by atoms with Crippen molar-refractivity contribution in [2.75, 3.05) is 26.9 Å². The molecule has 176 valence electrons. The molecule has 2 N–H and O–H groups in total. The predicted octanol–water partition coefficient (Wildman–Crippen LogP) is 4.57. The predicted molar refractivity (Wildman–Crippen MR) is 140 cm³/mol. The third-order valence-electron chi connectivity index (χ3n) is 5.18. The summed E-state index contributed by atoms with van der Waals surface area (Å²) in [4.78, 5) is 4.75. The lowest BCUT2D eigenvalue weighted by atomic mass is 10.1. The summed E-state index contributed by atoms with van der Waals surface area (Å²) >= 11 is 0. The fraction of sp³-hybridized carbons (Fsp3) is 0.480. The number of hydrogen-bond acceptors (Lipinski definition) is 4. The number of nitrogens with zero attached hydrogens (tertiary/aromatic N) is 1. The molecule has 1 heterocycles. The fourth-order valence-corrected chi connectivity index (χ4v) is 3.58. The standard InChI is InChI=1S/C25H35N3O3.HI/c1-4-26-25(27-15-20-7-5-8-21(14-20)17-29-3)28-16-22-11-10-19(2)13-24(22)31-18-23-9-6-12-30-23;/h5,7-8,10-11,13-14,23H,4,6,9,12,15-18H2,1-3H3,(H2,26,27,28);1H. The molecule has 0 aromatic heterocycles. The Balaban J connectivity index is 0.00000363. The van der Waals surface area contributed by atoms with Gasteiger partial charge in [-0.25, -0.2) is 4.99 Å². The highest BCUT2D eigenvalue weighted by molar-refractivity contribution is 14.0. The number of aryl methyl sites for hydroxylation is 1. The Morgan fingerprint density at radius 3 is 2.75 bits per heavy atom. The van der Waals surface area contributed by atoms with Crippen molar-refractivity contribution in [1.29, 1.82) is 0 Å². The molecule has 3 rings (SSSR count). The smallest absolute Gasteiger partial charge is 0.191 e. The second-order valence-corrected chi connectivity index (χ2v) is 7.86. The van der Waals surface area contributed by atoms with Crippen LogP contribution in [0.15, 0.2) is 47.5 Å². The summed E-state index contributed by atoms with van der Waals surface area (Å²) in [6, 6.07) is 14.7. The maximum Gasteiger partial charge on any atom is 0.191 e. The molecule has 7 heteroatoms. The molecule has 1 unspecified atom stereocenters. The van der Waals surface area contributed by atoms with Gasteiger partial charge in [-0.3, -0.25) is 0 Å². The maximum atomic E-state index is 6.12. The highest BCUT2D eigenvalue weighted by atomic mass is 127. The van der Waals surface area contributed by atoms with Gasteiger partial charge in [0.2, 0.25) is 0 Å². The number of methoxy groups -OCH3 is 1. The van der Waals surface area contributed by atoms with Crippen LogP contribution in [0.25, 0.3) is 0 Å². The summed E-state index contributed by atoms with van der Waals surface area (Å²) in [6.45, 7) is 8.23. The lowest BCUT2D eigenvalue weighted by Crippen LogP contribution is -2.37. The molecule has 0 bridgehead atoms. The van der Waals surface area contributed by atoms with E-state index in [1.807, 2.05) is 6.07 Å². The molecule has 0 aliphatic carbocycles. The Morgan fingerprint density at radius 1 is 1.16 bits per heavy atom. The monoisotopic (exact) mass is 553 g/mol. The molecular formula is C25H36IN3O3. The normalized spacial score (nSPS) is 15.8. The largest absolute Gasteiger partial charge is 0.491 e. The van der Waals surface area contributed by atoms with Gasteiger partial charge in [-0.05, 0) is 49.4 Å². The molecule has 0 spiro atoms. The van der Waals surface area contributed by atoms with Crippen molar-refractivity contribution < 1.29 is 14.2 Å². The number of aliphatic imine (C=N–C) groups is 1. The quantitative estimate of drug-likeness (QED) is 0.257. The van der Waals surface area contributed by atoms with Crippen LogP contribution in [0, 0.1) is 6.92 Å². The molecule has 1 aliphatic heterocycles. The molecule has 2 aromatic rings. The molecule has 1 fully saturated rings. The topological polar surface area (TPSA) is 64.1 Å². The summed E-state index contributed by atoms with van der Waals surface area (Å²) in [5, 5.41) is 6.76. The molecule has 32 heavy (non-hydrogen) atoms. The number of halogens is 1. The van der Waals surface area contributed by atoms with E-state index in [1.54, 1.807) is 7.11 Å². The van der Waals surface area contributed by atoms with Crippen LogP contribution in [0.2, 0.25) is 0 Å². The summed E-state index contributed by atoms with van der Waals surface area (Å²) in [5.41, 5.74) is 4.60. The van der Waals surface area contributed by atoms with Gasteiger partial charge in [0, 0.05) is 32.4 Å². The number of benzene rings is 2. The van der Waals surface area contributed by atoms with Crippen molar-refractivity contribution in [3.63, 3.8) is 0 Å². The van der Waals surface area contributed by atoms with E-state index in [4.69, 9.17) is 19.2 Å². The van der Waals surface area contributed by atoms with Gasteiger partial charge in [0.05, 0.1) is 19.3 Å². The van der Waals surface area contributed by atoms with Gasteiger partial charge >= 0.3 is 0 Å². The van der Waals surface area contributed by atoms with Gasteiger partial charge in [-0.15, -0.1) is 24.0 Å². The molecule has 2 aromatic carbocycles. The first-order chi connectivity index (χ1) is 15.2. The summed E-state index contributed by atoms with van der Waals surface area (Å²) in [5.74, 6) is 1.69. The Labute approximate surface area is 209 Å². The van der Waals surface area contributed by atoms with Crippen LogP contribution in [0.3, 0.4) is 0 Å². The SMILES string of the molecule is CCNC(=NCc1cccc(COC)c1)NCc1ccc(C)cc1OCC1CCCO1.I. The Morgan fingerprint density at radius 2 is 2.00 bits per heavy atom. The van der Waals surface area contributed by atoms with Crippen LogP contribution in [0.5, 0.6) is 5.75 Å². The average Bonchev–Trinajstić information content (AvgIpc) is 3.29. The Hall–Kier alpha value is -1.84. The van der Waals surface area contributed by atoms with E-state index in [0.29, 0.717) is 26.3 Å². The molecule has 1 saturated heterocycles. The van der Waals surface area contributed by atoms with Crippen molar-refractivity contribution in [2.45, 2.75) is 52.5 Å². The molecule has 0 amide bonds. The second kappa shape index (κ2) is 14.3. The first kappa shape index (κ1) is 26.4. The van der Waals surface area contributed by atoms with E-state index < -0.39 is 0 Å².